The summed E-state index contributed by atoms with van der Waals surface area (Å²) < 4.78 is 10.8. The maximum absolute atomic E-state index is 12.8. The van der Waals surface area contributed by atoms with E-state index < -0.39 is 0 Å². The zero-order valence-electron chi connectivity index (χ0n) is 20.9. The second kappa shape index (κ2) is 11.8. The first-order valence-corrected chi connectivity index (χ1v) is 13.2. The second-order valence-electron chi connectivity index (χ2n) is 8.63. The summed E-state index contributed by atoms with van der Waals surface area (Å²) in [6.45, 7) is 2.75. The van der Waals surface area contributed by atoms with E-state index in [1.807, 2.05) is 59.5 Å². The third-order valence-corrected chi connectivity index (χ3v) is 6.99. The molecule has 2 amide bonds. The molecule has 1 aliphatic heterocycles. The van der Waals surface area contributed by atoms with Gasteiger partial charge in [0.05, 0.1) is 12.9 Å². The summed E-state index contributed by atoms with van der Waals surface area (Å²) in [6.07, 6.45) is 0. The number of rotatable bonds is 8. The Morgan fingerprint density at radius 2 is 1.63 bits per heavy atom. The van der Waals surface area contributed by atoms with Crippen LogP contribution in [0.2, 0.25) is 0 Å². The van der Waals surface area contributed by atoms with Gasteiger partial charge < -0.3 is 24.3 Å². The number of carbonyl (C=O) groups excluding carboxylic acids is 2. The number of carbonyl (C=O) groups is 2. The predicted octanol–water partition coefficient (Wildman–Crippen LogP) is 4.44. The number of piperazine rings is 1. The lowest BCUT2D eigenvalue weighted by atomic mass is 10.1. The van der Waals surface area contributed by atoms with Crippen LogP contribution in [0.1, 0.15) is 10.4 Å². The van der Waals surface area contributed by atoms with Crippen LogP contribution >= 0.6 is 11.8 Å². The van der Waals surface area contributed by atoms with Crippen molar-refractivity contribution in [2.75, 3.05) is 49.3 Å². The van der Waals surface area contributed by atoms with Crippen LogP contribution in [0.25, 0.3) is 11.5 Å². The Bertz CT molecular complexity index is 1370. The van der Waals surface area contributed by atoms with E-state index in [2.05, 4.69) is 20.4 Å². The number of benzene rings is 3. The highest BCUT2D eigenvalue weighted by molar-refractivity contribution is 7.99. The summed E-state index contributed by atoms with van der Waals surface area (Å²) in [5.41, 5.74) is 3.26. The van der Waals surface area contributed by atoms with Crippen LogP contribution < -0.4 is 15.0 Å². The van der Waals surface area contributed by atoms with E-state index in [1.54, 1.807) is 31.4 Å². The van der Waals surface area contributed by atoms with Crippen molar-refractivity contribution in [1.29, 1.82) is 0 Å². The minimum atomic E-state index is -0.159. The van der Waals surface area contributed by atoms with Crippen LogP contribution in [-0.4, -0.2) is 66.0 Å². The summed E-state index contributed by atoms with van der Waals surface area (Å²) in [5, 5.41) is 11.3. The van der Waals surface area contributed by atoms with Gasteiger partial charge in [-0.05, 0) is 60.7 Å². The minimum absolute atomic E-state index is 0.0278. The Balaban J connectivity index is 1.08. The zero-order valence-corrected chi connectivity index (χ0v) is 21.7. The lowest BCUT2D eigenvalue weighted by molar-refractivity contribution is -0.113. The average Bonchev–Trinajstić information content (AvgIpc) is 3.46. The van der Waals surface area contributed by atoms with Crippen LogP contribution in [0.15, 0.2) is 88.5 Å². The summed E-state index contributed by atoms with van der Waals surface area (Å²) in [6, 6.07) is 24.4. The van der Waals surface area contributed by atoms with Gasteiger partial charge >= 0.3 is 0 Å². The number of methoxy groups -OCH3 is 1. The fourth-order valence-electron chi connectivity index (χ4n) is 4.13. The van der Waals surface area contributed by atoms with Gasteiger partial charge in [0, 0.05) is 48.7 Å². The molecule has 9 nitrogen and oxygen atoms in total. The Morgan fingerprint density at radius 3 is 2.32 bits per heavy atom. The monoisotopic (exact) mass is 529 g/mol. The summed E-state index contributed by atoms with van der Waals surface area (Å²) in [7, 11) is 1.61. The van der Waals surface area contributed by atoms with Gasteiger partial charge in [-0.2, -0.15) is 0 Å². The highest BCUT2D eigenvalue weighted by Gasteiger charge is 2.22. The van der Waals surface area contributed by atoms with Crippen LogP contribution in [0, 0.1) is 0 Å². The van der Waals surface area contributed by atoms with Crippen molar-refractivity contribution in [3.05, 3.63) is 84.4 Å². The molecule has 1 aliphatic rings. The number of amides is 2. The first-order valence-electron chi connectivity index (χ1n) is 12.2. The molecule has 0 aliphatic carbocycles. The molecule has 10 heteroatoms. The molecule has 0 unspecified atom stereocenters. The van der Waals surface area contributed by atoms with Gasteiger partial charge in [-0.3, -0.25) is 9.59 Å². The third kappa shape index (κ3) is 6.15. The van der Waals surface area contributed by atoms with Gasteiger partial charge in [0.1, 0.15) is 5.75 Å². The average molecular weight is 530 g/mol. The van der Waals surface area contributed by atoms with Crippen molar-refractivity contribution < 1.29 is 18.7 Å². The van der Waals surface area contributed by atoms with E-state index in [-0.39, 0.29) is 17.6 Å². The first-order chi connectivity index (χ1) is 18.6. The fraction of sp³-hybridized carbons (Fsp3) is 0.214. The standard InChI is InChI=1S/C28H27N5O4S/c1-36-24-13-7-21(8-14-24)27(35)33-17-15-32(16-18-33)23-11-9-22(10-12-23)29-25(34)19-38-28-31-30-26(37-28)20-5-3-2-4-6-20/h2-14H,15-19H2,1H3,(H,29,34). The number of hydrogen-bond acceptors (Lipinski definition) is 8. The highest BCUT2D eigenvalue weighted by atomic mass is 32.2. The molecular formula is C28H27N5O4S. The Kier molecular flexibility index (Phi) is 7.89. The highest BCUT2D eigenvalue weighted by Crippen LogP contribution is 2.24. The fourth-order valence-corrected chi connectivity index (χ4v) is 4.69. The van der Waals surface area contributed by atoms with Gasteiger partial charge in [0.25, 0.3) is 11.1 Å². The Hall–Kier alpha value is -4.31. The van der Waals surface area contributed by atoms with Crippen LogP contribution in [0.4, 0.5) is 11.4 Å². The largest absolute Gasteiger partial charge is 0.497 e. The molecule has 1 saturated heterocycles. The maximum atomic E-state index is 12.8. The summed E-state index contributed by atoms with van der Waals surface area (Å²) in [4.78, 5) is 29.3. The molecule has 4 aromatic rings. The van der Waals surface area contributed by atoms with Crippen molar-refractivity contribution in [1.82, 2.24) is 15.1 Å². The van der Waals surface area contributed by atoms with Crippen molar-refractivity contribution in [3.8, 4) is 17.2 Å². The number of nitrogens with one attached hydrogen (secondary N) is 1. The lowest BCUT2D eigenvalue weighted by Crippen LogP contribution is -2.48. The Morgan fingerprint density at radius 1 is 0.921 bits per heavy atom. The normalized spacial score (nSPS) is 13.3. The second-order valence-corrected chi connectivity index (χ2v) is 9.56. The van der Waals surface area contributed by atoms with E-state index in [4.69, 9.17) is 9.15 Å². The molecule has 0 atom stereocenters. The number of ether oxygens (including phenoxy) is 1. The molecular weight excluding hydrogens is 502 g/mol. The van der Waals surface area contributed by atoms with Crippen molar-refractivity contribution >= 4 is 35.0 Å². The van der Waals surface area contributed by atoms with Gasteiger partial charge in [-0.1, -0.05) is 30.0 Å². The number of nitrogens with zero attached hydrogens (tertiary/aromatic N) is 4. The van der Waals surface area contributed by atoms with Gasteiger partial charge in [-0.15, -0.1) is 10.2 Å². The van der Waals surface area contributed by atoms with E-state index in [1.165, 1.54) is 11.8 Å². The smallest absolute Gasteiger partial charge is 0.277 e. The van der Waals surface area contributed by atoms with E-state index >= 15 is 0 Å². The van der Waals surface area contributed by atoms with Crippen LogP contribution in [0.5, 0.6) is 5.75 Å². The number of thioether (sulfide) groups is 1. The van der Waals surface area contributed by atoms with Crippen molar-refractivity contribution in [3.63, 3.8) is 0 Å². The van der Waals surface area contributed by atoms with Crippen LogP contribution in [0.3, 0.4) is 0 Å². The molecule has 1 aromatic heterocycles. The molecule has 0 saturated carbocycles. The van der Waals surface area contributed by atoms with E-state index in [0.29, 0.717) is 35.5 Å². The number of anilines is 2. The third-order valence-electron chi connectivity index (χ3n) is 6.17. The molecule has 1 N–H and O–H groups in total. The molecule has 38 heavy (non-hydrogen) atoms. The molecule has 5 rings (SSSR count). The molecule has 0 spiro atoms. The van der Waals surface area contributed by atoms with Crippen molar-refractivity contribution in [2.24, 2.45) is 0 Å². The van der Waals surface area contributed by atoms with E-state index in [0.717, 1.165) is 30.1 Å². The van der Waals surface area contributed by atoms with Crippen molar-refractivity contribution in [2.45, 2.75) is 5.22 Å². The number of hydrogen-bond donors (Lipinski definition) is 1. The number of aromatic nitrogens is 2. The maximum Gasteiger partial charge on any atom is 0.277 e. The SMILES string of the molecule is COc1ccc(C(=O)N2CCN(c3ccc(NC(=O)CSc4nnc(-c5ccccc5)o4)cc3)CC2)cc1. The molecule has 3 aromatic carbocycles. The molecule has 1 fully saturated rings. The Labute approximate surface area is 224 Å². The van der Waals surface area contributed by atoms with E-state index in [9.17, 15) is 9.59 Å². The quantitative estimate of drug-likeness (QED) is 0.335. The predicted molar refractivity (Wildman–Crippen MR) is 147 cm³/mol. The molecule has 0 bridgehead atoms. The lowest BCUT2D eigenvalue weighted by Gasteiger charge is -2.36. The van der Waals surface area contributed by atoms with Gasteiger partial charge in [-0.25, -0.2) is 0 Å². The molecule has 194 valence electrons. The topological polar surface area (TPSA) is 101 Å². The first kappa shape index (κ1) is 25.3. The summed E-state index contributed by atoms with van der Waals surface area (Å²) >= 11 is 1.19. The van der Waals surface area contributed by atoms with Gasteiger partial charge in [0.2, 0.25) is 11.8 Å². The molecule has 2 heterocycles. The summed E-state index contributed by atoms with van der Waals surface area (Å²) in [5.74, 6) is 1.18. The van der Waals surface area contributed by atoms with Gasteiger partial charge in [0.15, 0.2) is 0 Å². The van der Waals surface area contributed by atoms with Crippen LogP contribution in [-0.2, 0) is 4.79 Å². The zero-order chi connectivity index (χ0) is 26.3. The molecule has 0 radical (unpaired) electrons. The minimum Gasteiger partial charge on any atom is -0.497 e.